The van der Waals surface area contributed by atoms with Crippen LogP contribution >= 0.6 is 0 Å². The van der Waals surface area contributed by atoms with Gasteiger partial charge in [-0.25, -0.2) is 14.4 Å². The highest BCUT2D eigenvalue weighted by molar-refractivity contribution is 5.89. The Bertz CT molecular complexity index is 1040. The smallest absolute Gasteiger partial charge is 0.338 e. The third-order valence-corrected chi connectivity index (χ3v) is 5.19. The van der Waals surface area contributed by atoms with E-state index in [0.717, 1.165) is 0 Å². The number of hydrogen-bond donors (Lipinski definition) is 0. The predicted molar refractivity (Wildman–Crippen MR) is 158 cm³/mol. The summed E-state index contributed by atoms with van der Waals surface area (Å²) in [7, 11) is 0. The third-order valence-electron chi connectivity index (χ3n) is 5.19. The van der Waals surface area contributed by atoms with E-state index in [9.17, 15) is 14.4 Å². The van der Waals surface area contributed by atoms with E-state index in [1.54, 1.807) is 24.3 Å². The summed E-state index contributed by atoms with van der Waals surface area (Å²) in [5.41, 5.74) is 0.480. The molecular weight excluding hydrogens is 612 g/mol. The van der Waals surface area contributed by atoms with Crippen LogP contribution in [0.1, 0.15) is 10.4 Å². The molecule has 0 saturated heterocycles. The SMILES string of the molecule is O=C(COCOCCOCCOC(=O)c1ccccc1)OCCOCCOCOCC(=O)OCCOCOCOc1ccccc1. The number of para-hydroxylation sites is 1. The summed E-state index contributed by atoms with van der Waals surface area (Å²) in [5.74, 6) is -0.836. The lowest BCUT2D eigenvalue weighted by Gasteiger charge is -2.09. The van der Waals surface area contributed by atoms with Gasteiger partial charge in [0.15, 0.2) is 13.6 Å². The van der Waals surface area contributed by atoms with Crippen LogP contribution in [0.4, 0.5) is 0 Å². The second kappa shape index (κ2) is 27.6. The first kappa shape index (κ1) is 38.5. The van der Waals surface area contributed by atoms with E-state index in [1.165, 1.54) is 0 Å². The van der Waals surface area contributed by atoms with Crippen molar-refractivity contribution in [1.82, 2.24) is 0 Å². The minimum atomic E-state index is -0.562. The van der Waals surface area contributed by atoms with Crippen LogP contribution in [-0.4, -0.2) is 124 Å². The zero-order valence-corrected chi connectivity index (χ0v) is 25.7. The van der Waals surface area contributed by atoms with Gasteiger partial charge in [-0.2, -0.15) is 0 Å². The molecule has 0 aliphatic carbocycles. The summed E-state index contributed by atoms with van der Waals surface area (Å²) in [6.45, 7) is 1.04. The number of rotatable bonds is 29. The van der Waals surface area contributed by atoms with Crippen molar-refractivity contribution in [3.63, 3.8) is 0 Å². The Balaban J connectivity index is 1.23. The van der Waals surface area contributed by atoms with Gasteiger partial charge in [-0.3, -0.25) is 0 Å². The first-order valence-electron chi connectivity index (χ1n) is 14.5. The molecule has 46 heavy (non-hydrogen) atoms. The monoisotopic (exact) mass is 654 g/mol. The molecule has 0 spiro atoms. The van der Waals surface area contributed by atoms with Gasteiger partial charge in [0.05, 0.1) is 51.8 Å². The molecule has 0 atom stereocenters. The van der Waals surface area contributed by atoms with E-state index >= 15 is 0 Å². The molecule has 2 rings (SSSR count). The summed E-state index contributed by atoms with van der Waals surface area (Å²) in [6, 6.07) is 17.9. The lowest BCUT2D eigenvalue weighted by atomic mass is 10.2. The number of hydrogen-bond acceptors (Lipinski definition) is 15. The molecule has 0 aromatic heterocycles. The Morgan fingerprint density at radius 2 is 0.848 bits per heavy atom. The Hall–Kier alpha value is -3.67. The lowest BCUT2D eigenvalue weighted by Crippen LogP contribution is -2.19. The lowest BCUT2D eigenvalue weighted by molar-refractivity contribution is -0.160. The highest BCUT2D eigenvalue weighted by Gasteiger charge is 2.06. The number of carbonyl (C=O) groups excluding carboxylic acids is 3. The molecule has 0 bridgehead atoms. The second-order valence-electron chi connectivity index (χ2n) is 8.72. The molecule has 0 heterocycles. The molecule has 256 valence electrons. The standard InChI is InChI=1S/C31H42O15/c32-29(21-40-24-38-14-12-36-16-20-45-31(34)27-7-3-1-4-8-27)43-18-15-35-11-13-37-23-41-22-30(33)44-19-17-39-25-42-26-46-28-9-5-2-6-10-28/h1-10H,11-26H2. The molecular formula is C31H42O15. The van der Waals surface area contributed by atoms with Gasteiger partial charge in [-0.05, 0) is 24.3 Å². The van der Waals surface area contributed by atoms with Crippen molar-refractivity contribution in [2.75, 3.05) is 106 Å². The van der Waals surface area contributed by atoms with Gasteiger partial charge in [-0.15, -0.1) is 0 Å². The van der Waals surface area contributed by atoms with Crippen LogP contribution in [0.2, 0.25) is 0 Å². The second-order valence-corrected chi connectivity index (χ2v) is 8.72. The topological polar surface area (TPSA) is 162 Å². The van der Waals surface area contributed by atoms with Crippen molar-refractivity contribution in [2.24, 2.45) is 0 Å². The minimum absolute atomic E-state index is 0.00113. The fourth-order valence-electron chi connectivity index (χ4n) is 3.07. The predicted octanol–water partition coefficient (Wildman–Crippen LogP) is 1.97. The van der Waals surface area contributed by atoms with E-state index < -0.39 is 17.9 Å². The van der Waals surface area contributed by atoms with E-state index in [2.05, 4.69) is 0 Å². The van der Waals surface area contributed by atoms with Crippen LogP contribution in [0.5, 0.6) is 5.75 Å². The Morgan fingerprint density at radius 1 is 0.413 bits per heavy atom. The van der Waals surface area contributed by atoms with Crippen molar-refractivity contribution in [3.05, 3.63) is 66.2 Å². The summed E-state index contributed by atoms with van der Waals surface area (Å²) >= 11 is 0. The van der Waals surface area contributed by atoms with Gasteiger partial charge in [0.25, 0.3) is 0 Å². The van der Waals surface area contributed by atoms with Crippen molar-refractivity contribution in [2.45, 2.75) is 0 Å². The molecule has 15 heteroatoms. The molecule has 2 aromatic carbocycles. The minimum Gasteiger partial charge on any atom is -0.467 e. The van der Waals surface area contributed by atoms with Crippen LogP contribution < -0.4 is 4.74 Å². The maximum Gasteiger partial charge on any atom is 0.338 e. The van der Waals surface area contributed by atoms with Crippen molar-refractivity contribution in [3.8, 4) is 5.75 Å². The maximum absolute atomic E-state index is 11.8. The number of esters is 3. The Kier molecular flexibility index (Phi) is 23.1. The zero-order valence-electron chi connectivity index (χ0n) is 25.7. The van der Waals surface area contributed by atoms with Crippen molar-refractivity contribution < 1.29 is 71.2 Å². The summed E-state index contributed by atoms with van der Waals surface area (Å²) in [4.78, 5) is 35.0. The molecule has 2 aromatic rings. The molecule has 0 aliphatic heterocycles. The maximum atomic E-state index is 11.8. The first-order chi connectivity index (χ1) is 22.6. The molecule has 0 aliphatic rings. The highest BCUT2D eigenvalue weighted by atomic mass is 16.7. The van der Waals surface area contributed by atoms with Crippen LogP contribution in [0.15, 0.2) is 60.7 Å². The molecule has 0 radical (unpaired) electrons. The Morgan fingerprint density at radius 3 is 1.41 bits per heavy atom. The van der Waals surface area contributed by atoms with Gasteiger partial charge in [-0.1, -0.05) is 36.4 Å². The van der Waals surface area contributed by atoms with Gasteiger partial charge in [0.2, 0.25) is 0 Å². The number of carbonyl (C=O) groups is 3. The molecule has 0 fully saturated rings. The average Bonchev–Trinajstić information content (AvgIpc) is 3.08. The van der Waals surface area contributed by atoms with Gasteiger partial charge >= 0.3 is 17.9 Å². The van der Waals surface area contributed by atoms with Crippen molar-refractivity contribution in [1.29, 1.82) is 0 Å². The highest BCUT2D eigenvalue weighted by Crippen LogP contribution is 2.07. The van der Waals surface area contributed by atoms with Crippen LogP contribution in [0.25, 0.3) is 0 Å². The van der Waals surface area contributed by atoms with Crippen molar-refractivity contribution >= 4 is 17.9 Å². The fourth-order valence-corrected chi connectivity index (χ4v) is 3.07. The van der Waals surface area contributed by atoms with Crippen LogP contribution in [-0.2, 0) is 61.7 Å². The zero-order chi connectivity index (χ0) is 32.8. The molecule has 0 N–H and O–H groups in total. The molecule has 0 saturated carbocycles. The fraction of sp³-hybridized carbons (Fsp3) is 0.516. The van der Waals surface area contributed by atoms with Gasteiger partial charge < -0.3 is 56.8 Å². The third kappa shape index (κ3) is 21.9. The Labute approximate surface area is 267 Å². The van der Waals surface area contributed by atoms with Crippen LogP contribution in [0.3, 0.4) is 0 Å². The molecule has 0 amide bonds. The van der Waals surface area contributed by atoms with E-state index in [4.69, 9.17) is 56.8 Å². The molecule has 0 unspecified atom stereocenters. The summed E-state index contributed by atoms with van der Waals surface area (Å²) < 4.78 is 61.8. The number of benzene rings is 2. The first-order valence-corrected chi connectivity index (χ1v) is 14.5. The van der Waals surface area contributed by atoms with Gasteiger partial charge in [0.1, 0.15) is 52.4 Å². The molecule has 15 nitrogen and oxygen atoms in total. The quantitative estimate of drug-likeness (QED) is 0.0541. The van der Waals surface area contributed by atoms with Crippen LogP contribution in [0, 0.1) is 0 Å². The normalized spacial score (nSPS) is 10.8. The summed E-state index contributed by atoms with van der Waals surface area (Å²) in [6.07, 6.45) is 0. The average molecular weight is 655 g/mol. The van der Waals surface area contributed by atoms with Gasteiger partial charge in [0, 0.05) is 0 Å². The largest absolute Gasteiger partial charge is 0.467 e. The summed E-state index contributed by atoms with van der Waals surface area (Å²) in [5, 5.41) is 0. The van der Waals surface area contributed by atoms with E-state index in [0.29, 0.717) is 11.3 Å². The van der Waals surface area contributed by atoms with E-state index in [-0.39, 0.29) is 106 Å². The number of ether oxygens (including phenoxy) is 12. The van der Waals surface area contributed by atoms with E-state index in [1.807, 2.05) is 36.4 Å².